The van der Waals surface area contributed by atoms with Gasteiger partial charge in [0.25, 0.3) is 0 Å². The third-order valence-corrected chi connectivity index (χ3v) is 5.48. The largest absolute Gasteiger partial charge is 0.325 e. The number of amides is 2. The highest BCUT2D eigenvalue weighted by Crippen LogP contribution is 2.36. The van der Waals surface area contributed by atoms with Crippen molar-refractivity contribution in [1.29, 1.82) is 0 Å². The average molecular weight is 509 g/mol. The molecule has 0 spiro atoms. The zero-order valence-corrected chi connectivity index (χ0v) is 21.9. The summed E-state index contributed by atoms with van der Waals surface area (Å²) in [5.41, 5.74) is 4.68. The lowest BCUT2D eigenvalue weighted by Crippen LogP contribution is -2.35. The second kappa shape index (κ2) is 16.8. The highest BCUT2D eigenvalue weighted by molar-refractivity contribution is 6.34. The molecular formula is C26H34Cl2N2O4. The first kappa shape index (κ1) is 31.3. The number of carbonyl (C=O) groups is 4. The molecule has 6 nitrogen and oxygen atoms in total. The second-order valence-corrected chi connectivity index (χ2v) is 8.10. The van der Waals surface area contributed by atoms with Gasteiger partial charge in [-0.25, -0.2) is 0 Å². The van der Waals surface area contributed by atoms with Gasteiger partial charge in [-0.15, -0.1) is 0 Å². The summed E-state index contributed by atoms with van der Waals surface area (Å²) in [6.45, 7) is 12.6. The lowest BCUT2D eigenvalue weighted by Gasteiger charge is -2.31. The van der Waals surface area contributed by atoms with E-state index in [2.05, 4.69) is 11.4 Å². The maximum atomic E-state index is 12.7. The molecule has 1 heterocycles. The normalized spacial score (nSPS) is 11.3. The van der Waals surface area contributed by atoms with Crippen molar-refractivity contribution in [3.05, 3.63) is 57.1 Å². The molecule has 1 aliphatic heterocycles. The minimum atomic E-state index is -0.147. The van der Waals surface area contributed by atoms with Gasteiger partial charge in [0, 0.05) is 19.4 Å². The fourth-order valence-corrected chi connectivity index (χ4v) is 4.24. The molecule has 1 aliphatic rings. The van der Waals surface area contributed by atoms with E-state index in [-0.39, 0.29) is 18.2 Å². The molecule has 0 radical (unpaired) electrons. The van der Waals surface area contributed by atoms with E-state index in [1.54, 1.807) is 17.0 Å². The molecule has 0 fully saturated rings. The topological polar surface area (TPSA) is 83.5 Å². The van der Waals surface area contributed by atoms with E-state index in [4.69, 9.17) is 32.8 Å². The number of aryl methyl sites for hydroxylation is 3. The fourth-order valence-electron chi connectivity index (χ4n) is 3.56. The number of anilines is 2. The molecule has 0 aliphatic carbocycles. The predicted molar refractivity (Wildman–Crippen MR) is 141 cm³/mol. The molecule has 0 saturated heterocycles. The number of carbonyl (C=O) groups excluding carboxylic acids is 4. The molecule has 2 aromatic carbocycles. The Morgan fingerprint density at radius 1 is 0.941 bits per heavy atom. The van der Waals surface area contributed by atoms with E-state index in [1.165, 1.54) is 0 Å². The SMILES string of the molecule is C=O.C=O.CC.Cc1ccc(NC(=O)CCCC(=O)N2CCCc3cc(C)cc(Cl)c32)c(Cl)c1. The Morgan fingerprint density at radius 2 is 1.56 bits per heavy atom. The standard InChI is InChI=1S/C22H24Cl2N2O2.C2H6.2CH2O/c1-14-8-9-19(17(23)12-14)25-20(27)6-3-7-21(28)26-10-4-5-16-11-15(2)13-18(24)22(16)26;3*1-2/h8-9,11-13H,3-7,10H2,1-2H3,(H,25,27);1-2H3;2*1H2. The van der Waals surface area contributed by atoms with Gasteiger partial charge < -0.3 is 19.8 Å². The fraction of sp³-hybridized carbons (Fsp3) is 0.385. The van der Waals surface area contributed by atoms with E-state index in [9.17, 15) is 9.59 Å². The minimum absolute atomic E-state index is 0.00729. The summed E-state index contributed by atoms with van der Waals surface area (Å²) in [7, 11) is 0. The maximum absolute atomic E-state index is 12.7. The van der Waals surface area contributed by atoms with E-state index >= 15 is 0 Å². The van der Waals surface area contributed by atoms with Crippen molar-refractivity contribution in [2.75, 3.05) is 16.8 Å². The van der Waals surface area contributed by atoms with Gasteiger partial charge in [0.05, 0.1) is 21.4 Å². The van der Waals surface area contributed by atoms with Crippen molar-refractivity contribution in [2.45, 2.75) is 59.8 Å². The van der Waals surface area contributed by atoms with Crippen LogP contribution in [0.15, 0.2) is 30.3 Å². The van der Waals surface area contributed by atoms with Gasteiger partial charge in [0.2, 0.25) is 11.8 Å². The van der Waals surface area contributed by atoms with Crippen molar-refractivity contribution in [2.24, 2.45) is 0 Å². The lowest BCUT2D eigenvalue weighted by molar-refractivity contribution is -0.119. The first-order valence-electron chi connectivity index (χ1n) is 11.1. The van der Waals surface area contributed by atoms with Crippen LogP contribution in [0, 0.1) is 13.8 Å². The van der Waals surface area contributed by atoms with Crippen LogP contribution in [0.3, 0.4) is 0 Å². The Balaban J connectivity index is 0.00000168. The maximum Gasteiger partial charge on any atom is 0.227 e. The first-order chi connectivity index (χ1) is 16.3. The molecule has 0 atom stereocenters. The van der Waals surface area contributed by atoms with E-state index < -0.39 is 0 Å². The van der Waals surface area contributed by atoms with Crippen LogP contribution in [0.2, 0.25) is 10.0 Å². The number of hydrogen-bond donors (Lipinski definition) is 1. The van der Waals surface area contributed by atoms with Crippen LogP contribution in [0.4, 0.5) is 11.4 Å². The van der Waals surface area contributed by atoms with Gasteiger partial charge in [0.15, 0.2) is 0 Å². The zero-order valence-electron chi connectivity index (χ0n) is 20.4. The van der Waals surface area contributed by atoms with E-state index in [0.717, 1.165) is 35.2 Å². The van der Waals surface area contributed by atoms with Gasteiger partial charge in [0.1, 0.15) is 13.6 Å². The van der Waals surface area contributed by atoms with E-state index in [0.29, 0.717) is 35.1 Å². The van der Waals surface area contributed by atoms with Crippen molar-refractivity contribution in [3.8, 4) is 0 Å². The summed E-state index contributed by atoms with van der Waals surface area (Å²) >= 11 is 12.6. The van der Waals surface area contributed by atoms with Gasteiger partial charge in [-0.2, -0.15) is 0 Å². The molecule has 0 unspecified atom stereocenters. The summed E-state index contributed by atoms with van der Waals surface area (Å²) in [4.78, 5) is 42.7. The molecule has 8 heteroatoms. The highest BCUT2D eigenvalue weighted by atomic mass is 35.5. The number of nitrogens with one attached hydrogen (secondary N) is 1. The summed E-state index contributed by atoms with van der Waals surface area (Å²) in [5, 5.41) is 3.94. The average Bonchev–Trinajstić information content (AvgIpc) is 2.84. The second-order valence-electron chi connectivity index (χ2n) is 7.29. The van der Waals surface area contributed by atoms with Crippen LogP contribution in [0.1, 0.15) is 56.2 Å². The number of hydrogen-bond acceptors (Lipinski definition) is 4. The van der Waals surface area contributed by atoms with Crippen LogP contribution in [0.25, 0.3) is 0 Å². The molecule has 34 heavy (non-hydrogen) atoms. The van der Waals surface area contributed by atoms with Gasteiger partial charge in [-0.1, -0.05) is 49.2 Å². The molecule has 2 aromatic rings. The molecule has 0 bridgehead atoms. The first-order valence-corrected chi connectivity index (χ1v) is 11.8. The van der Waals surface area contributed by atoms with Crippen molar-refractivity contribution >= 4 is 60.0 Å². The van der Waals surface area contributed by atoms with E-state index in [1.807, 2.05) is 53.4 Å². The summed E-state index contributed by atoms with van der Waals surface area (Å²) in [5.74, 6) is -0.140. The Bertz CT molecular complexity index is 949. The Hall–Kier alpha value is -2.70. The molecule has 1 N–H and O–H groups in total. The minimum Gasteiger partial charge on any atom is -0.325 e. The highest BCUT2D eigenvalue weighted by Gasteiger charge is 2.25. The molecule has 3 rings (SSSR count). The zero-order chi connectivity index (χ0) is 26.3. The van der Waals surface area contributed by atoms with Crippen molar-refractivity contribution < 1.29 is 19.2 Å². The van der Waals surface area contributed by atoms with Gasteiger partial charge >= 0.3 is 0 Å². The lowest BCUT2D eigenvalue weighted by atomic mass is 9.99. The number of benzene rings is 2. The van der Waals surface area contributed by atoms with Crippen molar-refractivity contribution in [3.63, 3.8) is 0 Å². The smallest absolute Gasteiger partial charge is 0.227 e. The monoisotopic (exact) mass is 508 g/mol. The molecule has 0 saturated carbocycles. The molecule has 0 aromatic heterocycles. The predicted octanol–water partition coefficient (Wildman–Crippen LogP) is 6.35. The number of rotatable bonds is 5. The number of nitrogens with zero attached hydrogens (tertiary/aromatic N) is 1. The summed E-state index contributed by atoms with van der Waals surface area (Å²) in [6, 6.07) is 9.48. The molecular weight excluding hydrogens is 475 g/mol. The number of fused-ring (bicyclic) bond motifs is 1. The summed E-state index contributed by atoms with van der Waals surface area (Å²) < 4.78 is 0. The quantitative estimate of drug-likeness (QED) is 0.509. The molecule has 2 amide bonds. The Morgan fingerprint density at radius 3 is 2.18 bits per heavy atom. The summed E-state index contributed by atoms with van der Waals surface area (Å²) in [6.07, 6.45) is 2.89. The van der Waals surface area contributed by atoms with Crippen molar-refractivity contribution in [1.82, 2.24) is 0 Å². The molecule has 186 valence electrons. The number of halogens is 2. The van der Waals surface area contributed by atoms with Crippen LogP contribution in [0.5, 0.6) is 0 Å². The van der Waals surface area contributed by atoms with Crippen LogP contribution >= 0.6 is 23.2 Å². The third-order valence-electron chi connectivity index (χ3n) is 4.88. The van der Waals surface area contributed by atoms with Crippen LogP contribution in [-0.2, 0) is 25.6 Å². The Labute approximate surface area is 212 Å². The van der Waals surface area contributed by atoms with Crippen LogP contribution in [-0.4, -0.2) is 31.9 Å². The van der Waals surface area contributed by atoms with Gasteiger partial charge in [-0.3, -0.25) is 9.59 Å². The Kier molecular flexibility index (Phi) is 15.5. The van der Waals surface area contributed by atoms with Gasteiger partial charge in [-0.05, 0) is 68.0 Å². The third kappa shape index (κ3) is 9.27. The van der Waals surface area contributed by atoms with Crippen LogP contribution < -0.4 is 10.2 Å².